The van der Waals surface area contributed by atoms with Crippen LogP contribution in [0.25, 0.3) is 0 Å². The number of aromatic nitrogens is 1. The Bertz CT molecular complexity index is 763. The lowest BCUT2D eigenvalue weighted by atomic mass is 10.1. The summed E-state index contributed by atoms with van der Waals surface area (Å²) in [6, 6.07) is 7.75. The molecule has 3 rings (SSSR count). The highest BCUT2D eigenvalue weighted by atomic mass is 19.1. The molecule has 7 heteroatoms. The fourth-order valence-electron chi connectivity index (χ4n) is 3.02. The van der Waals surface area contributed by atoms with Gasteiger partial charge in [0, 0.05) is 31.1 Å². The SMILES string of the molecule is CC.CC(C)CC(=O)N1CCCC1C(=O)NCc1ccccc1F.Cc1ccon1. The van der Waals surface area contributed by atoms with Crippen molar-refractivity contribution in [2.45, 2.75) is 66.5 Å². The van der Waals surface area contributed by atoms with Crippen LogP contribution in [0, 0.1) is 18.7 Å². The lowest BCUT2D eigenvalue weighted by Crippen LogP contribution is -2.46. The molecule has 1 saturated heterocycles. The summed E-state index contributed by atoms with van der Waals surface area (Å²) in [6.45, 7) is 10.6. The minimum Gasteiger partial charge on any atom is -0.365 e. The predicted molar refractivity (Wildman–Crippen MR) is 115 cm³/mol. The molecule has 1 N–H and O–H groups in total. The first kappa shape index (κ1) is 25.3. The van der Waals surface area contributed by atoms with Gasteiger partial charge in [0.25, 0.3) is 0 Å². The van der Waals surface area contributed by atoms with Crippen molar-refractivity contribution in [3.8, 4) is 0 Å². The Labute approximate surface area is 178 Å². The second-order valence-corrected chi connectivity index (χ2v) is 7.29. The molecule has 1 unspecified atom stereocenters. The zero-order valence-corrected chi connectivity index (χ0v) is 18.7. The largest absolute Gasteiger partial charge is 0.365 e. The number of likely N-dealkylation sites (tertiary alicyclic amines) is 1. The van der Waals surface area contributed by atoms with E-state index in [0.29, 0.717) is 24.9 Å². The van der Waals surface area contributed by atoms with Crippen molar-refractivity contribution in [1.29, 1.82) is 0 Å². The highest BCUT2D eigenvalue weighted by Gasteiger charge is 2.33. The van der Waals surface area contributed by atoms with Gasteiger partial charge in [-0.15, -0.1) is 0 Å². The first-order chi connectivity index (χ1) is 14.4. The number of halogens is 1. The van der Waals surface area contributed by atoms with Crippen LogP contribution in [-0.2, 0) is 16.1 Å². The molecule has 0 bridgehead atoms. The van der Waals surface area contributed by atoms with E-state index < -0.39 is 6.04 Å². The summed E-state index contributed by atoms with van der Waals surface area (Å²) >= 11 is 0. The van der Waals surface area contributed by atoms with Crippen LogP contribution in [-0.4, -0.2) is 34.5 Å². The zero-order chi connectivity index (χ0) is 22.5. The summed E-state index contributed by atoms with van der Waals surface area (Å²) in [4.78, 5) is 26.2. The molecule has 2 amide bonds. The summed E-state index contributed by atoms with van der Waals surface area (Å²) in [5.74, 6) is -0.228. The summed E-state index contributed by atoms with van der Waals surface area (Å²) in [6.07, 6.45) is 3.51. The van der Waals surface area contributed by atoms with E-state index in [2.05, 4.69) is 15.0 Å². The van der Waals surface area contributed by atoms with Crippen LogP contribution in [0.15, 0.2) is 41.1 Å². The van der Waals surface area contributed by atoms with Crippen molar-refractivity contribution in [3.05, 3.63) is 53.7 Å². The lowest BCUT2D eigenvalue weighted by Gasteiger charge is -2.24. The number of hydrogen-bond acceptors (Lipinski definition) is 4. The van der Waals surface area contributed by atoms with Crippen molar-refractivity contribution in [1.82, 2.24) is 15.4 Å². The molecule has 1 aromatic heterocycles. The molecule has 1 aliphatic heterocycles. The number of rotatable bonds is 5. The van der Waals surface area contributed by atoms with E-state index in [9.17, 15) is 14.0 Å². The predicted octanol–water partition coefficient (Wildman–Crippen LogP) is 4.49. The smallest absolute Gasteiger partial charge is 0.243 e. The van der Waals surface area contributed by atoms with Gasteiger partial charge in [-0.3, -0.25) is 9.59 Å². The lowest BCUT2D eigenvalue weighted by molar-refractivity contribution is -0.139. The molecule has 1 aliphatic rings. The number of nitrogens with zero attached hydrogens (tertiary/aromatic N) is 2. The number of carbonyl (C=O) groups excluding carboxylic acids is 2. The van der Waals surface area contributed by atoms with Gasteiger partial charge in [-0.25, -0.2) is 4.39 Å². The van der Waals surface area contributed by atoms with Crippen LogP contribution < -0.4 is 5.32 Å². The Balaban J connectivity index is 0.000000474. The Morgan fingerprint density at radius 3 is 2.50 bits per heavy atom. The third kappa shape index (κ3) is 8.35. The minimum absolute atomic E-state index is 0.0264. The molecule has 0 spiro atoms. The molecule has 1 fully saturated rings. The van der Waals surface area contributed by atoms with Gasteiger partial charge in [0.05, 0.1) is 5.69 Å². The molecule has 0 aliphatic carbocycles. The molecule has 2 heterocycles. The van der Waals surface area contributed by atoms with Crippen molar-refractivity contribution in [2.24, 2.45) is 5.92 Å². The van der Waals surface area contributed by atoms with E-state index >= 15 is 0 Å². The maximum Gasteiger partial charge on any atom is 0.243 e. The normalized spacial score (nSPS) is 15.0. The second-order valence-electron chi connectivity index (χ2n) is 7.29. The summed E-state index contributed by atoms with van der Waals surface area (Å²) in [7, 11) is 0. The first-order valence-electron chi connectivity index (χ1n) is 10.6. The van der Waals surface area contributed by atoms with Crippen molar-refractivity contribution < 1.29 is 18.5 Å². The molecular weight excluding hydrogens is 385 g/mol. The van der Waals surface area contributed by atoms with Crippen LogP contribution in [0.1, 0.15) is 58.2 Å². The summed E-state index contributed by atoms with van der Waals surface area (Å²) in [5, 5.41) is 6.29. The Morgan fingerprint density at radius 2 is 1.97 bits per heavy atom. The minimum atomic E-state index is -0.418. The number of benzene rings is 1. The third-order valence-corrected chi connectivity index (χ3v) is 4.44. The highest BCUT2D eigenvalue weighted by Crippen LogP contribution is 2.20. The van der Waals surface area contributed by atoms with E-state index in [0.717, 1.165) is 12.1 Å². The summed E-state index contributed by atoms with van der Waals surface area (Å²) in [5.41, 5.74) is 1.38. The van der Waals surface area contributed by atoms with E-state index in [4.69, 9.17) is 0 Å². The average Bonchev–Trinajstić information content (AvgIpc) is 3.40. The number of aryl methyl sites for hydroxylation is 1. The Morgan fingerprint density at radius 1 is 1.27 bits per heavy atom. The van der Waals surface area contributed by atoms with E-state index in [1.54, 1.807) is 35.4 Å². The maximum atomic E-state index is 13.5. The molecule has 1 atom stereocenters. The quantitative estimate of drug-likeness (QED) is 0.775. The van der Waals surface area contributed by atoms with Gasteiger partial charge in [0.1, 0.15) is 18.1 Å². The molecule has 0 radical (unpaired) electrons. The van der Waals surface area contributed by atoms with Gasteiger partial charge in [-0.05, 0) is 31.7 Å². The van der Waals surface area contributed by atoms with Crippen molar-refractivity contribution in [2.75, 3.05) is 6.54 Å². The summed E-state index contributed by atoms with van der Waals surface area (Å²) < 4.78 is 18.0. The first-order valence-corrected chi connectivity index (χ1v) is 10.6. The molecule has 6 nitrogen and oxygen atoms in total. The number of carbonyl (C=O) groups is 2. The van der Waals surface area contributed by atoms with Crippen molar-refractivity contribution >= 4 is 11.8 Å². The Kier molecular flexibility index (Phi) is 11.4. The van der Waals surface area contributed by atoms with Gasteiger partial charge in [-0.1, -0.05) is 51.1 Å². The molecule has 30 heavy (non-hydrogen) atoms. The van der Waals surface area contributed by atoms with E-state index in [1.807, 2.05) is 34.6 Å². The Hall–Kier alpha value is -2.70. The van der Waals surface area contributed by atoms with Gasteiger partial charge < -0.3 is 14.7 Å². The van der Waals surface area contributed by atoms with E-state index in [-0.39, 0.29) is 30.1 Å². The standard InChI is InChI=1S/C17H23FN2O2.C4H5NO.C2H6/c1-12(2)10-16(21)20-9-5-8-15(20)17(22)19-11-13-6-3-4-7-14(13)18;1-4-2-3-6-5-4;1-2/h3-4,6-7,12,15H,5,8-11H2,1-2H3,(H,19,22);2-3H,1H3;1-2H3. The molecule has 1 aromatic carbocycles. The number of amides is 2. The molecular formula is C23H34FN3O3. The van der Waals surface area contributed by atoms with Crippen molar-refractivity contribution in [3.63, 3.8) is 0 Å². The van der Waals surface area contributed by atoms with Crippen LogP contribution in [0.2, 0.25) is 0 Å². The van der Waals surface area contributed by atoms with Gasteiger partial charge in [-0.2, -0.15) is 0 Å². The van der Waals surface area contributed by atoms with Crippen LogP contribution in [0.5, 0.6) is 0 Å². The van der Waals surface area contributed by atoms with Gasteiger partial charge in [0.2, 0.25) is 11.8 Å². The fourth-order valence-corrected chi connectivity index (χ4v) is 3.02. The molecule has 166 valence electrons. The maximum absolute atomic E-state index is 13.5. The number of nitrogens with one attached hydrogen (secondary N) is 1. The monoisotopic (exact) mass is 419 g/mol. The fraction of sp³-hybridized carbons (Fsp3) is 0.522. The van der Waals surface area contributed by atoms with Gasteiger partial charge in [0.15, 0.2) is 0 Å². The zero-order valence-electron chi connectivity index (χ0n) is 18.7. The number of hydrogen-bond donors (Lipinski definition) is 1. The van der Waals surface area contributed by atoms with Crippen LogP contribution in [0.4, 0.5) is 4.39 Å². The topological polar surface area (TPSA) is 75.4 Å². The third-order valence-electron chi connectivity index (χ3n) is 4.44. The van der Waals surface area contributed by atoms with Gasteiger partial charge >= 0.3 is 0 Å². The highest BCUT2D eigenvalue weighted by molar-refractivity contribution is 5.88. The average molecular weight is 420 g/mol. The van der Waals surface area contributed by atoms with Crippen LogP contribution >= 0.6 is 0 Å². The molecule has 2 aromatic rings. The second kappa shape index (κ2) is 13.5. The van der Waals surface area contributed by atoms with Crippen LogP contribution in [0.3, 0.4) is 0 Å². The van der Waals surface area contributed by atoms with E-state index in [1.165, 1.54) is 6.07 Å². The molecule has 0 saturated carbocycles.